The van der Waals surface area contributed by atoms with Crippen LogP contribution in [0.1, 0.15) is 41.6 Å². The molecule has 0 saturated carbocycles. The van der Waals surface area contributed by atoms with Crippen LogP contribution in [-0.4, -0.2) is 36.4 Å². The number of rotatable bonds is 10. The number of halogens is 1. The molecule has 2 atom stereocenters. The molecule has 0 bridgehead atoms. The highest BCUT2D eigenvalue weighted by molar-refractivity contribution is 9.10. The molecule has 2 aromatic carbocycles. The van der Waals surface area contributed by atoms with E-state index in [1.807, 2.05) is 42.7 Å². The van der Waals surface area contributed by atoms with Gasteiger partial charge < -0.3 is 10.6 Å². The number of hydrogen-bond acceptors (Lipinski definition) is 3. The zero-order valence-corrected chi connectivity index (χ0v) is 18.7. The third-order valence-corrected chi connectivity index (χ3v) is 5.93. The monoisotopic (exact) mass is 462 g/mol. The SMILES string of the molecule is CSCCC(NC(=O)c1ccccc1Br)C(=O)NCCC(C)c1ccccc1. The second kappa shape index (κ2) is 11.9. The fraction of sp³-hybridized carbons (Fsp3) is 0.364. The van der Waals surface area contributed by atoms with Crippen LogP contribution in [0.25, 0.3) is 0 Å². The Hall–Kier alpha value is -1.79. The van der Waals surface area contributed by atoms with E-state index in [9.17, 15) is 9.59 Å². The maximum absolute atomic E-state index is 12.7. The first-order valence-corrected chi connectivity index (χ1v) is 11.6. The van der Waals surface area contributed by atoms with Crippen molar-refractivity contribution in [3.05, 3.63) is 70.2 Å². The molecular formula is C22H27BrN2O2S. The maximum Gasteiger partial charge on any atom is 0.253 e. The van der Waals surface area contributed by atoms with Gasteiger partial charge in [0.25, 0.3) is 5.91 Å². The summed E-state index contributed by atoms with van der Waals surface area (Å²) < 4.78 is 0.716. The van der Waals surface area contributed by atoms with Gasteiger partial charge in [-0.15, -0.1) is 0 Å². The number of amides is 2. The van der Waals surface area contributed by atoms with Crippen LogP contribution in [0.3, 0.4) is 0 Å². The van der Waals surface area contributed by atoms with Crippen LogP contribution in [0.4, 0.5) is 0 Å². The van der Waals surface area contributed by atoms with E-state index < -0.39 is 6.04 Å². The predicted molar refractivity (Wildman–Crippen MR) is 121 cm³/mol. The fourth-order valence-corrected chi connectivity index (χ4v) is 3.81. The minimum absolute atomic E-state index is 0.130. The summed E-state index contributed by atoms with van der Waals surface area (Å²) in [5.74, 6) is 0.788. The molecule has 6 heteroatoms. The van der Waals surface area contributed by atoms with Crippen LogP contribution in [0.15, 0.2) is 59.1 Å². The first kappa shape index (κ1) is 22.5. The summed E-state index contributed by atoms with van der Waals surface area (Å²) in [7, 11) is 0. The molecule has 0 aliphatic carbocycles. The average molecular weight is 463 g/mol. The molecule has 2 rings (SSSR count). The number of carbonyl (C=O) groups is 2. The van der Waals surface area contributed by atoms with Crippen molar-refractivity contribution in [1.82, 2.24) is 10.6 Å². The van der Waals surface area contributed by atoms with Crippen molar-refractivity contribution in [3.8, 4) is 0 Å². The Balaban J connectivity index is 1.91. The molecule has 2 N–H and O–H groups in total. The van der Waals surface area contributed by atoms with Crippen molar-refractivity contribution in [1.29, 1.82) is 0 Å². The Morgan fingerprint density at radius 1 is 1.04 bits per heavy atom. The van der Waals surface area contributed by atoms with Gasteiger partial charge in [-0.1, -0.05) is 49.4 Å². The molecule has 0 aliphatic heterocycles. The van der Waals surface area contributed by atoms with Gasteiger partial charge in [-0.25, -0.2) is 0 Å². The van der Waals surface area contributed by atoms with Crippen molar-refractivity contribution in [2.45, 2.75) is 31.7 Å². The second-order valence-corrected chi connectivity index (χ2v) is 8.52. The van der Waals surface area contributed by atoms with Crippen molar-refractivity contribution >= 4 is 39.5 Å². The standard InChI is InChI=1S/C22H27BrN2O2S/c1-16(17-8-4-3-5-9-17)12-14-24-22(27)20(13-15-28-2)25-21(26)18-10-6-7-11-19(18)23/h3-11,16,20H,12-15H2,1-2H3,(H,24,27)(H,25,26). The van der Waals surface area contributed by atoms with Gasteiger partial charge in [0.2, 0.25) is 5.91 Å². The molecule has 4 nitrogen and oxygen atoms in total. The number of thioether (sulfide) groups is 1. The zero-order valence-electron chi connectivity index (χ0n) is 16.3. The minimum atomic E-state index is -0.543. The summed E-state index contributed by atoms with van der Waals surface area (Å²) in [4.78, 5) is 25.3. The molecule has 28 heavy (non-hydrogen) atoms. The molecule has 150 valence electrons. The highest BCUT2D eigenvalue weighted by Crippen LogP contribution is 2.18. The van der Waals surface area contributed by atoms with E-state index in [1.54, 1.807) is 17.8 Å². The maximum atomic E-state index is 12.7. The molecule has 2 unspecified atom stereocenters. The van der Waals surface area contributed by atoms with Crippen molar-refractivity contribution in [2.24, 2.45) is 0 Å². The third kappa shape index (κ3) is 6.99. The van der Waals surface area contributed by atoms with Gasteiger partial charge in [-0.3, -0.25) is 9.59 Å². The highest BCUT2D eigenvalue weighted by atomic mass is 79.9. The van der Waals surface area contributed by atoms with E-state index in [4.69, 9.17) is 0 Å². The Kier molecular flexibility index (Phi) is 9.58. The lowest BCUT2D eigenvalue weighted by atomic mass is 9.98. The molecule has 0 heterocycles. The average Bonchev–Trinajstić information content (AvgIpc) is 2.71. The van der Waals surface area contributed by atoms with Crippen LogP contribution in [0.2, 0.25) is 0 Å². The van der Waals surface area contributed by atoms with Crippen LogP contribution < -0.4 is 10.6 Å². The largest absolute Gasteiger partial charge is 0.354 e. The van der Waals surface area contributed by atoms with E-state index in [0.29, 0.717) is 28.9 Å². The lowest BCUT2D eigenvalue weighted by molar-refractivity contribution is -0.123. The van der Waals surface area contributed by atoms with Crippen LogP contribution in [-0.2, 0) is 4.79 Å². The topological polar surface area (TPSA) is 58.2 Å². The Morgan fingerprint density at radius 2 is 1.71 bits per heavy atom. The molecule has 0 radical (unpaired) electrons. The number of benzene rings is 2. The van der Waals surface area contributed by atoms with E-state index in [1.165, 1.54) is 5.56 Å². The summed E-state index contributed by atoms with van der Waals surface area (Å²) in [5.41, 5.74) is 1.79. The van der Waals surface area contributed by atoms with E-state index >= 15 is 0 Å². The van der Waals surface area contributed by atoms with Crippen LogP contribution >= 0.6 is 27.7 Å². The van der Waals surface area contributed by atoms with Gasteiger partial charge in [0, 0.05) is 11.0 Å². The minimum Gasteiger partial charge on any atom is -0.354 e. The number of carbonyl (C=O) groups excluding carboxylic acids is 2. The summed E-state index contributed by atoms with van der Waals surface area (Å²) in [6.07, 6.45) is 3.44. The number of hydrogen-bond donors (Lipinski definition) is 2. The van der Waals surface area contributed by atoms with Crippen LogP contribution in [0.5, 0.6) is 0 Å². The Labute approximate surface area is 180 Å². The molecule has 0 saturated heterocycles. The predicted octanol–water partition coefficient (Wildman–Crippen LogP) is 4.61. The zero-order chi connectivity index (χ0) is 20.4. The molecule has 0 aliphatic rings. The summed E-state index contributed by atoms with van der Waals surface area (Å²) in [6, 6.07) is 16.9. The summed E-state index contributed by atoms with van der Waals surface area (Å²) in [6.45, 7) is 2.73. The lowest BCUT2D eigenvalue weighted by Crippen LogP contribution is -2.47. The Morgan fingerprint density at radius 3 is 2.39 bits per heavy atom. The van der Waals surface area contributed by atoms with Gasteiger partial charge in [0.05, 0.1) is 5.56 Å². The van der Waals surface area contributed by atoms with Crippen molar-refractivity contribution < 1.29 is 9.59 Å². The van der Waals surface area contributed by atoms with Gasteiger partial charge in [0.1, 0.15) is 6.04 Å². The number of nitrogens with one attached hydrogen (secondary N) is 2. The fourth-order valence-electron chi connectivity index (χ4n) is 2.87. The smallest absolute Gasteiger partial charge is 0.253 e. The normalized spacial score (nSPS) is 12.8. The Bertz CT molecular complexity index is 770. The second-order valence-electron chi connectivity index (χ2n) is 6.68. The summed E-state index contributed by atoms with van der Waals surface area (Å²) >= 11 is 5.05. The molecule has 0 aromatic heterocycles. The quantitative estimate of drug-likeness (QED) is 0.541. The summed E-state index contributed by atoms with van der Waals surface area (Å²) in [5, 5.41) is 5.87. The molecular weight excluding hydrogens is 436 g/mol. The molecule has 0 fully saturated rings. The first-order valence-electron chi connectivity index (χ1n) is 9.40. The van der Waals surface area contributed by atoms with E-state index in [0.717, 1.165) is 12.2 Å². The van der Waals surface area contributed by atoms with Gasteiger partial charge in [-0.05, 0) is 64.4 Å². The van der Waals surface area contributed by atoms with Gasteiger partial charge in [-0.2, -0.15) is 11.8 Å². The van der Waals surface area contributed by atoms with E-state index in [2.05, 4.69) is 45.6 Å². The van der Waals surface area contributed by atoms with Gasteiger partial charge in [0.15, 0.2) is 0 Å². The lowest BCUT2D eigenvalue weighted by Gasteiger charge is -2.19. The molecule has 2 amide bonds. The third-order valence-electron chi connectivity index (χ3n) is 4.60. The molecule has 2 aromatic rings. The van der Waals surface area contributed by atoms with Crippen molar-refractivity contribution in [2.75, 3.05) is 18.6 Å². The van der Waals surface area contributed by atoms with Gasteiger partial charge >= 0.3 is 0 Å². The first-order chi connectivity index (χ1) is 13.5. The van der Waals surface area contributed by atoms with E-state index in [-0.39, 0.29) is 11.8 Å². The van der Waals surface area contributed by atoms with Crippen LogP contribution in [0, 0.1) is 0 Å². The molecule has 0 spiro atoms. The van der Waals surface area contributed by atoms with Crippen molar-refractivity contribution in [3.63, 3.8) is 0 Å². The highest BCUT2D eigenvalue weighted by Gasteiger charge is 2.22.